The Morgan fingerprint density at radius 1 is 0.939 bits per heavy atom. The second-order valence-corrected chi connectivity index (χ2v) is 11.7. The van der Waals surface area contributed by atoms with Crippen LogP contribution in [0.2, 0.25) is 0 Å². The summed E-state index contributed by atoms with van der Waals surface area (Å²) in [5, 5.41) is 0. The number of aromatic nitrogens is 4. The molecule has 6 atom stereocenters. The number of hydrogen-bond acceptors (Lipinski definition) is 12. The molecule has 2 aromatic rings. The molecule has 4 rings (SSSR count). The van der Waals surface area contributed by atoms with Crippen molar-refractivity contribution in [3.8, 4) is 11.8 Å². The second-order valence-electron chi connectivity index (χ2n) is 10.5. The quantitative estimate of drug-likeness (QED) is 0.130. The van der Waals surface area contributed by atoms with Crippen LogP contribution in [0.4, 0.5) is 13.2 Å². The summed E-state index contributed by atoms with van der Waals surface area (Å²) < 4.78 is 63.5. The number of esters is 2. The first-order valence-corrected chi connectivity index (χ1v) is 15.8. The summed E-state index contributed by atoms with van der Waals surface area (Å²) in [7, 11) is 0. The average Bonchev–Trinajstić information content (AvgIpc) is 3.60. The van der Waals surface area contributed by atoms with Crippen LogP contribution in [0, 0.1) is 15.4 Å². The van der Waals surface area contributed by atoms with Gasteiger partial charge in [0.2, 0.25) is 0 Å². The Morgan fingerprint density at radius 3 is 1.90 bits per heavy atom. The molecule has 2 saturated heterocycles. The van der Waals surface area contributed by atoms with Gasteiger partial charge in [-0.25, -0.2) is 14.6 Å². The molecule has 49 heavy (non-hydrogen) atoms. The summed E-state index contributed by atoms with van der Waals surface area (Å²) >= 11 is 1.85. The molecule has 20 heteroatoms. The Balaban J connectivity index is 0.000000284. The van der Waals surface area contributed by atoms with Gasteiger partial charge in [-0.2, -0.15) is 0 Å². The molecule has 0 aliphatic carbocycles. The Bertz CT molecular complexity index is 1830. The van der Waals surface area contributed by atoms with Gasteiger partial charge in [0, 0.05) is 39.1 Å². The van der Waals surface area contributed by atoms with Crippen molar-refractivity contribution in [3.63, 3.8) is 0 Å². The van der Waals surface area contributed by atoms with Gasteiger partial charge >= 0.3 is 29.7 Å². The second kappa shape index (κ2) is 17.4. The number of nitrogens with one attached hydrogen (secondary N) is 2. The molecule has 2 fully saturated rings. The van der Waals surface area contributed by atoms with E-state index < -0.39 is 59.5 Å². The molecule has 0 spiro atoms. The van der Waals surface area contributed by atoms with Crippen LogP contribution in [-0.4, -0.2) is 74.8 Å². The third-order valence-electron chi connectivity index (χ3n) is 6.97. The fourth-order valence-corrected chi connectivity index (χ4v) is 5.35. The fraction of sp³-hybridized carbons (Fsp3) is 0.552. The number of rotatable bonds is 8. The lowest BCUT2D eigenvalue weighted by Gasteiger charge is -2.16. The minimum Gasteiger partial charge on any atom is -0.460 e. The molecular formula is C29H33F3IN5O11. The zero-order valence-electron chi connectivity index (χ0n) is 26.6. The van der Waals surface area contributed by atoms with Gasteiger partial charge < -0.3 is 23.7 Å². The summed E-state index contributed by atoms with van der Waals surface area (Å²) in [6, 6.07) is 0. The first kappa shape index (κ1) is 39.2. The minimum atomic E-state index is -4.84. The number of aliphatic imine (C=N–C) groups is 1. The third kappa shape index (κ3) is 11.4. The van der Waals surface area contributed by atoms with Gasteiger partial charge in [0.15, 0.2) is 6.40 Å². The van der Waals surface area contributed by atoms with E-state index in [2.05, 4.69) is 31.5 Å². The van der Waals surface area contributed by atoms with E-state index in [-0.39, 0.29) is 43.1 Å². The molecular weight excluding hydrogens is 778 g/mol. The number of carbonyl (C=O) groups is 2. The van der Waals surface area contributed by atoms with E-state index in [4.69, 9.17) is 18.9 Å². The van der Waals surface area contributed by atoms with E-state index >= 15 is 0 Å². The highest BCUT2D eigenvalue weighted by molar-refractivity contribution is 14.1. The number of carbonyl (C=O) groups excluding carboxylic acids is 2. The summed E-state index contributed by atoms with van der Waals surface area (Å²) in [6.07, 6.45) is -3.12. The van der Waals surface area contributed by atoms with Gasteiger partial charge in [0.05, 0.1) is 15.8 Å². The highest BCUT2D eigenvalue weighted by Gasteiger charge is 2.39. The average molecular weight is 812 g/mol. The highest BCUT2D eigenvalue weighted by atomic mass is 127. The predicted molar refractivity (Wildman–Crippen MR) is 171 cm³/mol. The van der Waals surface area contributed by atoms with Crippen LogP contribution in [0.15, 0.2) is 36.6 Å². The predicted octanol–water partition coefficient (Wildman–Crippen LogP) is 1.85. The molecule has 2 aliphatic rings. The molecule has 2 N–H and O–H groups in total. The Morgan fingerprint density at radius 2 is 1.43 bits per heavy atom. The van der Waals surface area contributed by atoms with Crippen molar-refractivity contribution in [1.82, 2.24) is 19.1 Å². The number of hydrogen-bond donors (Lipinski definition) is 2. The number of nitrogens with zero attached hydrogens (tertiary/aromatic N) is 3. The number of aromatic amines is 2. The van der Waals surface area contributed by atoms with Crippen LogP contribution >= 0.6 is 22.6 Å². The van der Waals surface area contributed by atoms with Gasteiger partial charge in [-0.05, 0) is 35.4 Å². The van der Waals surface area contributed by atoms with Crippen LogP contribution in [0.1, 0.15) is 71.4 Å². The number of alkyl halides is 3. The normalized spacial score (nSPS) is 23.3. The van der Waals surface area contributed by atoms with Crippen molar-refractivity contribution in [2.75, 3.05) is 6.54 Å². The number of ether oxygens (including phenoxy) is 5. The van der Waals surface area contributed by atoms with E-state index in [9.17, 15) is 41.9 Å². The molecule has 268 valence electrons. The SMILES string of the molecule is CC[C@H]1O[C@@H](n2cc(C#CCN=COC(F)(F)F)c(=O)[nH]c2=O)C[C@H]1OC(C)=O.CC[C@H]1O[C@@H](n2cc(I)c(=O)[nH]c2=O)C[C@H]1OC(C)=O. The zero-order valence-corrected chi connectivity index (χ0v) is 28.7. The maximum absolute atomic E-state index is 12.1. The molecule has 0 amide bonds. The first-order chi connectivity index (χ1) is 23.0. The van der Waals surface area contributed by atoms with Crippen molar-refractivity contribution in [3.05, 3.63) is 63.2 Å². The van der Waals surface area contributed by atoms with Crippen LogP contribution in [-0.2, 0) is 33.3 Å². The summed E-state index contributed by atoms with van der Waals surface area (Å²) in [5.74, 6) is 3.95. The summed E-state index contributed by atoms with van der Waals surface area (Å²) in [4.78, 5) is 77.1. The van der Waals surface area contributed by atoms with Crippen LogP contribution in [0.3, 0.4) is 0 Å². The van der Waals surface area contributed by atoms with E-state index in [0.29, 0.717) is 22.8 Å². The van der Waals surface area contributed by atoms with Crippen molar-refractivity contribution >= 4 is 40.9 Å². The van der Waals surface area contributed by atoms with Crippen LogP contribution < -0.4 is 22.5 Å². The molecule has 2 aliphatic heterocycles. The van der Waals surface area contributed by atoms with E-state index in [1.807, 2.05) is 36.4 Å². The van der Waals surface area contributed by atoms with Crippen LogP contribution in [0.25, 0.3) is 0 Å². The lowest BCUT2D eigenvalue weighted by molar-refractivity contribution is -0.280. The Hall–Kier alpha value is -4.23. The largest absolute Gasteiger partial charge is 0.573 e. The van der Waals surface area contributed by atoms with E-state index in [0.717, 1.165) is 4.57 Å². The minimum absolute atomic E-state index is 0.107. The Kier molecular flexibility index (Phi) is 14.0. The topological polar surface area (TPSA) is 202 Å². The van der Waals surface area contributed by atoms with E-state index in [1.54, 1.807) is 0 Å². The summed E-state index contributed by atoms with van der Waals surface area (Å²) in [5.41, 5.74) is -2.56. The third-order valence-corrected chi connectivity index (χ3v) is 7.74. The molecule has 0 bridgehead atoms. The first-order valence-electron chi connectivity index (χ1n) is 14.8. The molecule has 16 nitrogen and oxygen atoms in total. The zero-order chi connectivity index (χ0) is 36.5. The van der Waals surface area contributed by atoms with Gasteiger partial charge in [0.25, 0.3) is 11.1 Å². The Labute approximate surface area is 289 Å². The van der Waals surface area contributed by atoms with Crippen molar-refractivity contribution in [2.45, 2.75) is 96.6 Å². The van der Waals surface area contributed by atoms with Gasteiger partial charge in [-0.1, -0.05) is 25.7 Å². The van der Waals surface area contributed by atoms with Gasteiger partial charge in [-0.3, -0.25) is 38.3 Å². The molecule has 2 aromatic heterocycles. The van der Waals surface area contributed by atoms with Gasteiger partial charge in [-0.15, -0.1) is 13.2 Å². The number of halogens is 4. The maximum atomic E-state index is 12.1. The van der Waals surface area contributed by atoms with Crippen molar-refractivity contribution in [2.24, 2.45) is 4.99 Å². The molecule has 4 heterocycles. The van der Waals surface area contributed by atoms with Crippen molar-refractivity contribution < 1.29 is 46.4 Å². The maximum Gasteiger partial charge on any atom is 0.573 e. The van der Waals surface area contributed by atoms with Crippen LogP contribution in [0.5, 0.6) is 0 Å². The molecule has 0 saturated carbocycles. The lowest BCUT2D eigenvalue weighted by Crippen LogP contribution is -2.33. The molecule has 0 aromatic carbocycles. The van der Waals surface area contributed by atoms with E-state index in [1.165, 1.54) is 30.8 Å². The lowest BCUT2D eigenvalue weighted by atomic mass is 10.1. The monoisotopic (exact) mass is 811 g/mol. The van der Waals surface area contributed by atoms with Crippen molar-refractivity contribution in [1.29, 1.82) is 0 Å². The standard InChI is InChI=1S/C17H18F3N3O6.C12H15IN2O5/c1-3-12-13(28-10(2)24)7-14(29-12)23-8-11(15(25)22-16(23)26)5-4-6-21-9-27-17(18,19)20;1-3-8-9(19-6(2)16)4-10(20-8)15-5-7(13)11(17)14-12(15)18/h8-9,12-14H,3,6-7H2,1-2H3,(H,22,25,26);5,8-10H,3-4H2,1-2H3,(H,14,17,18)/t12-,13-,14-;8-,9-,10-/m11/s1. The highest BCUT2D eigenvalue weighted by Crippen LogP contribution is 2.32. The molecule has 0 radical (unpaired) electrons. The number of H-pyrrole nitrogens is 2. The molecule has 0 unspecified atom stereocenters. The van der Waals surface area contributed by atoms with Gasteiger partial charge in [0.1, 0.15) is 36.8 Å². The fourth-order valence-electron chi connectivity index (χ4n) is 4.92. The smallest absolute Gasteiger partial charge is 0.460 e. The summed E-state index contributed by atoms with van der Waals surface area (Å²) in [6.45, 7) is 6.00.